The van der Waals surface area contributed by atoms with E-state index in [1.807, 2.05) is 6.26 Å². The Bertz CT molecular complexity index is 193. The fraction of sp³-hybridized carbons (Fsp3) is 0.667. The number of aliphatic imine (C=N–C) groups is 1. The number of hydrogen-bond donors (Lipinski definition) is 0. The summed E-state index contributed by atoms with van der Waals surface area (Å²) in [6.07, 6.45) is 1.95. The number of hydrogen-bond acceptors (Lipinski definition) is 5. The summed E-state index contributed by atoms with van der Waals surface area (Å²) in [5.74, 6) is 0.490. The highest BCUT2D eigenvalue weighted by atomic mass is 32.2. The third-order valence-electron chi connectivity index (χ3n) is 1.27. The van der Waals surface area contributed by atoms with Crippen molar-refractivity contribution >= 4 is 33.9 Å². The molecule has 0 aliphatic carbocycles. The summed E-state index contributed by atoms with van der Waals surface area (Å²) in [4.78, 5) is 15.1. The number of ether oxygens (including phenoxy) is 1. The lowest BCUT2D eigenvalue weighted by Gasteiger charge is -2.00. The number of carbonyl (C=O) groups is 1. The molecule has 0 radical (unpaired) electrons. The quantitative estimate of drug-likeness (QED) is 0.579. The fourth-order valence-electron chi connectivity index (χ4n) is 0.720. The maximum Gasteiger partial charge on any atom is 0.331 e. The van der Waals surface area contributed by atoms with Gasteiger partial charge in [0.15, 0.2) is 6.04 Å². The van der Waals surface area contributed by atoms with Gasteiger partial charge in [0.1, 0.15) is 4.38 Å². The molecule has 62 valence electrons. The average molecular weight is 191 g/mol. The highest BCUT2D eigenvalue weighted by Gasteiger charge is 2.24. The van der Waals surface area contributed by atoms with E-state index in [-0.39, 0.29) is 12.0 Å². The lowest BCUT2D eigenvalue weighted by Crippen LogP contribution is -2.19. The van der Waals surface area contributed by atoms with Crippen molar-refractivity contribution in [2.75, 3.05) is 19.1 Å². The molecule has 1 aliphatic rings. The molecule has 1 heterocycles. The van der Waals surface area contributed by atoms with Crippen molar-refractivity contribution in [1.29, 1.82) is 0 Å². The Labute approximate surface area is 74.0 Å². The Hall–Kier alpha value is -0.160. The molecule has 0 spiro atoms. The van der Waals surface area contributed by atoms with E-state index in [9.17, 15) is 4.79 Å². The van der Waals surface area contributed by atoms with E-state index in [4.69, 9.17) is 0 Å². The molecule has 1 aliphatic heterocycles. The van der Waals surface area contributed by atoms with Crippen LogP contribution in [0, 0.1) is 0 Å². The Morgan fingerprint density at radius 1 is 1.91 bits per heavy atom. The van der Waals surface area contributed by atoms with Gasteiger partial charge in [-0.1, -0.05) is 11.8 Å². The number of thioether (sulfide) groups is 2. The van der Waals surface area contributed by atoms with Crippen LogP contribution in [-0.4, -0.2) is 35.5 Å². The lowest BCUT2D eigenvalue weighted by atomic mass is 10.4. The van der Waals surface area contributed by atoms with Crippen LogP contribution in [0.2, 0.25) is 0 Å². The zero-order valence-corrected chi connectivity index (χ0v) is 8.00. The van der Waals surface area contributed by atoms with E-state index in [0.29, 0.717) is 0 Å². The molecule has 0 fully saturated rings. The van der Waals surface area contributed by atoms with Gasteiger partial charge < -0.3 is 4.74 Å². The molecule has 0 saturated carbocycles. The smallest absolute Gasteiger partial charge is 0.331 e. The second-order valence-electron chi connectivity index (χ2n) is 1.95. The van der Waals surface area contributed by atoms with Crippen LogP contribution in [0.1, 0.15) is 0 Å². The zero-order valence-electron chi connectivity index (χ0n) is 6.36. The van der Waals surface area contributed by atoms with Crippen LogP contribution in [0.15, 0.2) is 4.99 Å². The van der Waals surface area contributed by atoms with Crippen molar-refractivity contribution in [1.82, 2.24) is 0 Å². The molecule has 0 unspecified atom stereocenters. The van der Waals surface area contributed by atoms with Crippen LogP contribution >= 0.6 is 23.5 Å². The monoisotopic (exact) mass is 191 g/mol. The van der Waals surface area contributed by atoms with Gasteiger partial charge in [0, 0.05) is 5.75 Å². The molecule has 0 bridgehead atoms. The van der Waals surface area contributed by atoms with Gasteiger partial charge in [-0.2, -0.15) is 0 Å². The number of rotatable bonds is 1. The van der Waals surface area contributed by atoms with Gasteiger partial charge in [0.2, 0.25) is 0 Å². The molecule has 0 aromatic heterocycles. The Morgan fingerprint density at radius 2 is 2.64 bits per heavy atom. The van der Waals surface area contributed by atoms with Crippen molar-refractivity contribution in [3.05, 3.63) is 0 Å². The predicted molar refractivity (Wildman–Crippen MR) is 49.2 cm³/mol. The average Bonchev–Trinajstić information content (AvgIpc) is 2.50. The standard InChI is InChI=1S/C6H9NO2S2/c1-9-5(8)4-3-11-6(7-4)10-2/h4H,3H2,1-2H3/t4-/m0/s1. The van der Waals surface area contributed by atoms with E-state index in [1.54, 1.807) is 23.5 Å². The summed E-state index contributed by atoms with van der Waals surface area (Å²) in [6, 6.07) is -0.271. The Morgan fingerprint density at radius 3 is 3.09 bits per heavy atom. The van der Waals surface area contributed by atoms with Crippen molar-refractivity contribution < 1.29 is 9.53 Å². The summed E-state index contributed by atoms with van der Waals surface area (Å²) < 4.78 is 5.53. The summed E-state index contributed by atoms with van der Waals surface area (Å²) >= 11 is 3.18. The van der Waals surface area contributed by atoms with E-state index >= 15 is 0 Å². The third-order valence-corrected chi connectivity index (χ3v) is 3.42. The first-order valence-electron chi connectivity index (χ1n) is 3.10. The second kappa shape index (κ2) is 4.01. The van der Waals surface area contributed by atoms with Gasteiger partial charge in [-0.25, -0.2) is 4.79 Å². The molecule has 0 saturated heterocycles. The van der Waals surface area contributed by atoms with Gasteiger partial charge in [-0.3, -0.25) is 4.99 Å². The summed E-state index contributed by atoms with van der Waals surface area (Å²) in [5.41, 5.74) is 0. The summed E-state index contributed by atoms with van der Waals surface area (Å²) in [5, 5.41) is 0. The van der Waals surface area contributed by atoms with E-state index in [2.05, 4.69) is 9.73 Å². The Kier molecular flexibility index (Phi) is 3.26. The maximum atomic E-state index is 10.9. The van der Waals surface area contributed by atoms with Gasteiger partial charge >= 0.3 is 5.97 Å². The van der Waals surface area contributed by atoms with Crippen molar-refractivity contribution in [2.24, 2.45) is 4.99 Å². The molecule has 11 heavy (non-hydrogen) atoms. The molecule has 1 rings (SSSR count). The number of nitrogens with zero attached hydrogens (tertiary/aromatic N) is 1. The largest absolute Gasteiger partial charge is 0.467 e. The molecular weight excluding hydrogens is 182 g/mol. The van der Waals surface area contributed by atoms with Crippen LogP contribution in [0.5, 0.6) is 0 Å². The highest BCUT2D eigenvalue weighted by molar-refractivity contribution is 8.38. The zero-order chi connectivity index (χ0) is 8.27. The van der Waals surface area contributed by atoms with Crippen LogP contribution < -0.4 is 0 Å². The molecule has 0 aromatic carbocycles. The van der Waals surface area contributed by atoms with Crippen molar-refractivity contribution in [3.63, 3.8) is 0 Å². The SMILES string of the molecule is COC(=O)[C@@H]1CSC(SC)=N1. The minimum absolute atomic E-state index is 0.235. The molecule has 3 nitrogen and oxygen atoms in total. The van der Waals surface area contributed by atoms with Crippen molar-refractivity contribution in [2.45, 2.75) is 6.04 Å². The predicted octanol–water partition coefficient (Wildman–Crippen LogP) is 0.994. The van der Waals surface area contributed by atoms with E-state index in [0.717, 1.165) is 10.1 Å². The minimum atomic E-state index is -0.271. The number of methoxy groups -OCH3 is 1. The van der Waals surface area contributed by atoms with E-state index in [1.165, 1.54) is 7.11 Å². The highest BCUT2D eigenvalue weighted by Crippen LogP contribution is 2.24. The normalized spacial score (nSPS) is 23.1. The summed E-state index contributed by atoms with van der Waals surface area (Å²) in [6.45, 7) is 0. The number of carbonyl (C=O) groups excluding carboxylic acids is 1. The molecular formula is C6H9NO2S2. The first kappa shape index (κ1) is 8.93. The number of esters is 1. The van der Waals surface area contributed by atoms with Gasteiger partial charge in [0.05, 0.1) is 7.11 Å². The van der Waals surface area contributed by atoms with E-state index < -0.39 is 0 Å². The van der Waals surface area contributed by atoms with Crippen LogP contribution in [0.4, 0.5) is 0 Å². The molecule has 0 amide bonds. The summed E-state index contributed by atoms with van der Waals surface area (Å²) in [7, 11) is 1.39. The first-order chi connectivity index (χ1) is 5.27. The van der Waals surface area contributed by atoms with Crippen LogP contribution in [0.25, 0.3) is 0 Å². The topological polar surface area (TPSA) is 38.7 Å². The molecule has 1 atom stereocenters. The van der Waals surface area contributed by atoms with Crippen LogP contribution in [-0.2, 0) is 9.53 Å². The van der Waals surface area contributed by atoms with Gasteiger partial charge in [-0.05, 0) is 6.26 Å². The van der Waals surface area contributed by atoms with Crippen molar-refractivity contribution in [3.8, 4) is 0 Å². The molecule has 5 heteroatoms. The van der Waals surface area contributed by atoms with Gasteiger partial charge in [0.25, 0.3) is 0 Å². The molecule has 0 aromatic rings. The Balaban J connectivity index is 2.52. The third kappa shape index (κ3) is 2.13. The second-order valence-corrected chi connectivity index (χ2v) is 4.01. The fourth-order valence-corrected chi connectivity index (χ4v) is 2.34. The first-order valence-corrected chi connectivity index (χ1v) is 5.31. The molecule has 0 N–H and O–H groups in total. The van der Waals surface area contributed by atoms with Gasteiger partial charge in [-0.15, -0.1) is 11.8 Å². The lowest BCUT2D eigenvalue weighted by molar-refractivity contribution is -0.141. The maximum absolute atomic E-state index is 10.9. The van der Waals surface area contributed by atoms with Crippen LogP contribution in [0.3, 0.4) is 0 Å². The minimum Gasteiger partial charge on any atom is -0.467 e.